The minimum absolute atomic E-state index is 0.00584. The minimum Gasteiger partial charge on any atom is -0.480 e. The van der Waals surface area contributed by atoms with Gasteiger partial charge in [-0.2, -0.15) is 0 Å². The highest BCUT2D eigenvalue weighted by atomic mass is 16.5. The van der Waals surface area contributed by atoms with Gasteiger partial charge in [-0.1, -0.05) is 67.6 Å². The van der Waals surface area contributed by atoms with E-state index < -0.39 is 24.0 Å². The second-order valence-electron chi connectivity index (χ2n) is 8.15. The summed E-state index contributed by atoms with van der Waals surface area (Å²) >= 11 is 0. The maximum atomic E-state index is 12.3. The van der Waals surface area contributed by atoms with Crippen LogP contribution in [-0.4, -0.2) is 35.7 Å². The summed E-state index contributed by atoms with van der Waals surface area (Å²) < 4.78 is 5.53. The number of carboxylic acids is 1. The number of carbonyl (C=O) groups excluding carboxylic acids is 2. The van der Waals surface area contributed by atoms with Crippen LogP contribution in [0.15, 0.2) is 72.8 Å². The fourth-order valence-electron chi connectivity index (χ4n) is 4.18. The van der Waals surface area contributed by atoms with E-state index in [1.165, 1.54) is 11.1 Å². The van der Waals surface area contributed by atoms with Crippen LogP contribution in [0, 0.1) is 0 Å². The Kier molecular flexibility index (Phi) is 6.92. The Labute approximate surface area is 197 Å². The molecule has 7 nitrogen and oxygen atoms in total. The van der Waals surface area contributed by atoms with E-state index in [2.05, 4.69) is 34.9 Å². The first-order chi connectivity index (χ1) is 16.5. The van der Waals surface area contributed by atoms with Crippen LogP contribution in [-0.2, 0) is 16.1 Å². The summed E-state index contributed by atoms with van der Waals surface area (Å²) in [5.74, 6) is -1.53. The van der Waals surface area contributed by atoms with Crippen molar-refractivity contribution in [2.75, 3.05) is 6.61 Å². The van der Waals surface area contributed by atoms with Gasteiger partial charge in [0.2, 0.25) is 0 Å². The smallest absolute Gasteiger partial charge is 0.407 e. The molecule has 1 atom stereocenters. The molecular weight excluding hydrogens is 432 g/mol. The number of alkyl carbamates (subject to hydrolysis) is 1. The number of carboxylic acid groups (broad SMARTS) is 1. The Bertz CT molecular complexity index is 1160. The van der Waals surface area contributed by atoms with E-state index in [9.17, 15) is 14.4 Å². The SMILES string of the molecule is CCC(NC(=O)c1ccc(CNC(=O)OCC2c3ccccc3-c3ccccc32)cc1)C(=O)O. The number of hydrogen-bond donors (Lipinski definition) is 3. The van der Waals surface area contributed by atoms with Crippen LogP contribution in [0.4, 0.5) is 4.79 Å². The molecule has 0 spiro atoms. The second kappa shape index (κ2) is 10.2. The topological polar surface area (TPSA) is 105 Å². The van der Waals surface area contributed by atoms with E-state index in [4.69, 9.17) is 9.84 Å². The summed E-state index contributed by atoms with van der Waals surface area (Å²) in [6.07, 6.45) is -0.223. The molecule has 1 aliphatic rings. The lowest BCUT2D eigenvalue weighted by Gasteiger charge is -2.15. The molecule has 7 heteroatoms. The van der Waals surface area contributed by atoms with Gasteiger partial charge in [-0.15, -0.1) is 0 Å². The van der Waals surface area contributed by atoms with Crippen molar-refractivity contribution in [1.29, 1.82) is 0 Å². The average Bonchev–Trinajstić information content (AvgIpc) is 3.18. The van der Waals surface area contributed by atoms with Crippen LogP contribution < -0.4 is 10.6 Å². The summed E-state index contributed by atoms with van der Waals surface area (Å²) in [7, 11) is 0. The average molecular weight is 459 g/mol. The van der Waals surface area contributed by atoms with E-state index in [0.29, 0.717) is 12.0 Å². The zero-order chi connectivity index (χ0) is 24.1. The lowest BCUT2D eigenvalue weighted by Crippen LogP contribution is -2.40. The van der Waals surface area contributed by atoms with Crippen LogP contribution >= 0.6 is 0 Å². The third kappa shape index (κ3) is 4.93. The number of rotatable bonds is 8. The predicted molar refractivity (Wildman–Crippen MR) is 128 cm³/mol. The highest BCUT2D eigenvalue weighted by Crippen LogP contribution is 2.44. The molecule has 0 aliphatic heterocycles. The second-order valence-corrected chi connectivity index (χ2v) is 8.15. The first-order valence-corrected chi connectivity index (χ1v) is 11.2. The number of ether oxygens (including phenoxy) is 1. The maximum absolute atomic E-state index is 12.3. The van der Waals surface area contributed by atoms with E-state index in [-0.39, 0.29) is 19.1 Å². The Morgan fingerprint density at radius 3 is 2.06 bits per heavy atom. The van der Waals surface area contributed by atoms with Gasteiger partial charge in [0.1, 0.15) is 12.6 Å². The molecule has 1 aliphatic carbocycles. The molecule has 4 rings (SSSR count). The molecule has 3 aromatic carbocycles. The first kappa shape index (κ1) is 23.0. The molecule has 174 valence electrons. The van der Waals surface area contributed by atoms with Crippen LogP contribution in [0.3, 0.4) is 0 Å². The van der Waals surface area contributed by atoms with Crippen LogP contribution in [0.1, 0.15) is 46.3 Å². The molecule has 3 N–H and O–H groups in total. The van der Waals surface area contributed by atoms with Crippen molar-refractivity contribution in [2.45, 2.75) is 31.8 Å². The van der Waals surface area contributed by atoms with Gasteiger partial charge in [0.05, 0.1) is 0 Å². The van der Waals surface area contributed by atoms with Crippen molar-refractivity contribution in [1.82, 2.24) is 10.6 Å². The van der Waals surface area contributed by atoms with Gasteiger partial charge >= 0.3 is 12.1 Å². The molecule has 3 aromatic rings. The highest BCUT2D eigenvalue weighted by molar-refractivity contribution is 5.96. The van der Waals surface area contributed by atoms with E-state index in [1.54, 1.807) is 31.2 Å². The number of benzene rings is 3. The summed E-state index contributed by atoms with van der Waals surface area (Å²) in [6, 6.07) is 22.0. The normalized spacial score (nSPS) is 12.9. The minimum atomic E-state index is -1.07. The van der Waals surface area contributed by atoms with Crippen molar-refractivity contribution >= 4 is 18.0 Å². The van der Waals surface area contributed by atoms with E-state index in [0.717, 1.165) is 16.7 Å². The summed E-state index contributed by atoms with van der Waals surface area (Å²) in [5.41, 5.74) is 5.78. The Hall–Kier alpha value is -4.13. The molecular formula is C27H26N2O5. The van der Waals surface area contributed by atoms with Crippen molar-refractivity contribution in [3.05, 3.63) is 95.1 Å². The molecule has 0 saturated carbocycles. The van der Waals surface area contributed by atoms with Gasteiger partial charge in [-0.3, -0.25) is 4.79 Å². The molecule has 0 heterocycles. The molecule has 0 bridgehead atoms. The molecule has 0 radical (unpaired) electrons. The zero-order valence-corrected chi connectivity index (χ0v) is 18.8. The van der Waals surface area contributed by atoms with E-state index >= 15 is 0 Å². The third-order valence-corrected chi connectivity index (χ3v) is 6.01. The van der Waals surface area contributed by atoms with Gasteiger partial charge in [-0.25, -0.2) is 9.59 Å². The van der Waals surface area contributed by atoms with Crippen LogP contribution in [0.5, 0.6) is 0 Å². The summed E-state index contributed by atoms with van der Waals surface area (Å²) in [4.78, 5) is 35.6. The Balaban J connectivity index is 1.30. The predicted octanol–water partition coefficient (Wildman–Crippen LogP) is 4.32. The van der Waals surface area contributed by atoms with Crippen molar-refractivity contribution in [3.63, 3.8) is 0 Å². The van der Waals surface area contributed by atoms with Crippen LogP contribution in [0.25, 0.3) is 11.1 Å². The zero-order valence-electron chi connectivity index (χ0n) is 18.8. The lowest BCUT2D eigenvalue weighted by atomic mass is 9.98. The lowest BCUT2D eigenvalue weighted by molar-refractivity contribution is -0.139. The number of carbonyl (C=O) groups is 3. The number of hydrogen-bond acceptors (Lipinski definition) is 4. The molecule has 2 amide bonds. The molecule has 1 unspecified atom stereocenters. The number of fused-ring (bicyclic) bond motifs is 3. The number of nitrogens with one attached hydrogen (secondary N) is 2. The standard InChI is InChI=1S/C27H26N2O5/c1-2-24(26(31)32)29-25(30)18-13-11-17(12-14-18)15-28-27(33)34-16-23-21-9-5-3-7-19(21)20-8-4-6-10-22(20)23/h3-14,23-24H,2,15-16H2,1H3,(H,28,33)(H,29,30)(H,31,32). The van der Waals surface area contributed by atoms with Crippen LogP contribution in [0.2, 0.25) is 0 Å². The van der Waals surface area contributed by atoms with Crippen molar-refractivity contribution < 1.29 is 24.2 Å². The van der Waals surface area contributed by atoms with Gasteiger partial charge in [0.15, 0.2) is 0 Å². The molecule has 34 heavy (non-hydrogen) atoms. The summed E-state index contributed by atoms with van der Waals surface area (Å²) in [6.45, 7) is 2.17. The molecule has 0 fully saturated rings. The van der Waals surface area contributed by atoms with E-state index in [1.807, 2.05) is 24.3 Å². The molecule has 0 aromatic heterocycles. The summed E-state index contributed by atoms with van der Waals surface area (Å²) in [5, 5.41) is 14.3. The van der Waals surface area contributed by atoms with Gasteiger partial charge < -0.3 is 20.5 Å². The Morgan fingerprint density at radius 2 is 1.50 bits per heavy atom. The molecule has 0 saturated heterocycles. The van der Waals surface area contributed by atoms with Gasteiger partial charge in [0.25, 0.3) is 5.91 Å². The quantitative estimate of drug-likeness (QED) is 0.466. The van der Waals surface area contributed by atoms with Crippen molar-refractivity contribution in [3.8, 4) is 11.1 Å². The Morgan fingerprint density at radius 1 is 0.912 bits per heavy atom. The monoisotopic (exact) mass is 458 g/mol. The fraction of sp³-hybridized carbons (Fsp3) is 0.222. The first-order valence-electron chi connectivity index (χ1n) is 11.2. The highest BCUT2D eigenvalue weighted by Gasteiger charge is 2.29. The third-order valence-electron chi connectivity index (χ3n) is 6.01. The van der Waals surface area contributed by atoms with Crippen molar-refractivity contribution in [2.24, 2.45) is 0 Å². The van der Waals surface area contributed by atoms with Gasteiger partial charge in [0, 0.05) is 18.0 Å². The maximum Gasteiger partial charge on any atom is 0.407 e. The fourth-order valence-corrected chi connectivity index (χ4v) is 4.18. The van der Waals surface area contributed by atoms with Gasteiger partial charge in [-0.05, 0) is 46.4 Å². The number of amides is 2. The number of aliphatic carboxylic acids is 1. The largest absolute Gasteiger partial charge is 0.480 e.